The van der Waals surface area contributed by atoms with Crippen molar-refractivity contribution in [1.29, 1.82) is 0 Å². The SMILES string of the molecule is COCCCn1cc(CN2CCN(c3cc(C(=O)Nc4ccc5c(c4)-c4c(c(C(N)=O)nn4-c4ccc(F)cc4)CC5)c(Cl)cn3)CC2)cn1. The average molecular weight is 698 g/mol. The Labute approximate surface area is 293 Å². The van der Waals surface area contributed by atoms with E-state index in [9.17, 15) is 14.0 Å². The van der Waals surface area contributed by atoms with Crippen molar-refractivity contribution in [3.63, 3.8) is 0 Å². The molecule has 0 spiro atoms. The van der Waals surface area contributed by atoms with Crippen LogP contribution in [0.4, 0.5) is 15.9 Å². The minimum atomic E-state index is -0.638. The Morgan fingerprint density at radius 3 is 2.60 bits per heavy atom. The van der Waals surface area contributed by atoms with E-state index in [1.54, 1.807) is 30.0 Å². The molecule has 2 amide bonds. The summed E-state index contributed by atoms with van der Waals surface area (Å²) in [6.07, 6.45) is 7.68. The van der Waals surface area contributed by atoms with Gasteiger partial charge in [-0.15, -0.1) is 0 Å². The largest absolute Gasteiger partial charge is 0.385 e. The fourth-order valence-corrected chi connectivity index (χ4v) is 6.82. The maximum atomic E-state index is 13.7. The minimum Gasteiger partial charge on any atom is -0.385 e. The van der Waals surface area contributed by atoms with Crippen LogP contribution in [0.15, 0.2) is 67.1 Å². The van der Waals surface area contributed by atoms with E-state index in [2.05, 4.69) is 36.5 Å². The zero-order chi connectivity index (χ0) is 34.8. The highest BCUT2D eigenvalue weighted by Gasteiger charge is 2.29. The highest BCUT2D eigenvalue weighted by atomic mass is 35.5. The van der Waals surface area contributed by atoms with Crippen LogP contribution in [0.2, 0.25) is 5.02 Å². The quantitative estimate of drug-likeness (QED) is 0.189. The van der Waals surface area contributed by atoms with Gasteiger partial charge in [0.15, 0.2) is 5.69 Å². The molecule has 1 saturated heterocycles. The van der Waals surface area contributed by atoms with Gasteiger partial charge in [0.2, 0.25) is 0 Å². The lowest BCUT2D eigenvalue weighted by Gasteiger charge is -2.35. The minimum absolute atomic E-state index is 0.172. The number of piperazine rings is 1. The number of benzene rings is 2. The number of rotatable bonds is 11. The molecular weight excluding hydrogens is 661 g/mol. The molecule has 3 aromatic heterocycles. The van der Waals surface area contributed by atoms with E-state index in [-0.39, 0.29) is 22.4 Å². The van der Waals surface area contributed by atoms with Crippen LogP contribution < -0.4 is 16.0 Å². The average Bonchev–Trinajstić information content (AvgIpc) is 3.74. The fourth-order valence-electron chi connectivity index (χ4n) is 6.63. The first-order valence-corrected chi connectivity index (χ1v) is 16.9. The van der Waals surface area contributed by atoms with Gasteiger partial charge in [-0.05, 0) is 67.3 Å². The van der Waals surface area contributed by atoms with Crippen molar-refractivity contribution in [1.82, 2.24) is 29.4 Å². The summed E-state index contributed by atoms with van der Waals surface area (Å²) in [5, 5.41) is 12.2. The second-order valence-corrected chi connectivity index (χ2v) is 12.9. The molecule has 14 heteroatoms. The van der Waals surface area contributed by atoms with E-state index in [0.29, 0.717) is 53.5 Å². The third-order valence-electron chi connectivity index (χ3n) is 9.17. The van der Waals surface area contributed by atoms with Crippen LogP contribution in [0.25, 0.3) is 16.9 Å². The number of carbonyl (C=O) groups is 2. The molecule has 0 atom stereocenters. The van der Waals surface area contributed by atoms with Crippen molar-refractivity contribution in [2.45, 2.75) is 32.4 Å². The molecule has 0 unspecified atom stereocenters. The smallest absolute Gasteiger partial charge is 0.269 e. The number of fused-ring (bicyclic) bond motifs is 3. The van der Waals surface area contributed by atoms with Gasteiger partial charge in [-0.2, -0.15) is 10.2 Å². The predicted octanol–water partition coefficient (Wildman–Crippen LogP) is 4.73. The van der Waals surface area contributed by atoms with Gasteiger partial charge < -0.3 is 20.7 Å². The lowest BCUT2D eigenvalue weighted by atomic mass is 9.88. The summed E-state index contributed by atoms with van der Waals surface area (Å²) in [6.45, 7) is 5.53. The Hall–Kier alpha value is -5.11. The van der Waals surface area contributed by atoms with Crippen molar-refractivity contribution in [3.05, 3.63) is 106 Å². The summed E-state index contributed by atoms with van der Waals surface area (Å²) >= 11 is 6.52. The number of nitrogens with two attached hydrogens (primary N) is 1. The van der Waals surface area contributed by atoms with E-state index < -0.39 is 5.91 Å². The second-order valence-electron chi connectivity index (χ2n) is 12.5. The molecule has 258 valence electrons. The van der Waals surface area contributed by atoms with Crippen molar-refractivity contribution in [2.24, 2.45) is 5.73 Å². The molecular formula is C36H37ClFN9O3. The van der Waals surface area contributed by atoms with E-state index >= 15 is 0 Å². The third kappa shape index (κ3) is 6.97. The highest BCUT2D eigenvalue weighted by Crippen LogP contribution is 2.38. The van der Waals surface area contributed by atoms with Gasteiger partial charge >= 0.3 is 0 Å². The number of nitrogens with one attached hydrogen (secondary N) is 1. The van der Waals surface area contributed by atoms with Crippen LogP contribution in [0, 0.1) is 5.82 Å². The number of halogens is 2. The molecule has 50 heavy (non-hydrogen) atoms. The number of anilines is 2. The van der Waals surface area contributed by atoms with Crippen LogP contribution >= 0.6 is 11.6 Å². The Morgan fingerprint density at radius 2 is 1.84 bits per heavy atom. The number of carbonyl (C=O) groups excluding carboxylic acids is 2. The molecule has 0 bridgehead atoms. The van der Waals surface area contributed by atoms with Crippen molar-refractivity contribution in [3.8, 4) is 16.9 Å². The van der Waals surface area contributed by atoms with Crippen LogP contribution in [0.1, 0.15) is 44.0 Å². The zero-order valence-electron chi connectivity index (χ0n) is 27.6. The molecule has 1 aliphatic carbocycles. The summed E-state index contributed by atoms with van der Waals surface area (Å²) in [5.41, 5.74) is 11.7. The molecule has 3 N–H and O–H groups in total. The maximum absolute atomic E-state index is 13.7. The predicted molar refractivity (Wildman–Crippen MR) is 188 cm³/mol. The normalized spacial score (nSPS) is 14.3. The van der Waals surface area contributed by atoms with Crippen molar-refractivity contribution < 1.29 is 18.7 Å². The molecule has 2 aromatic carbocycles. The van der Waals surface area contributed by atoms with E-state index in [1.807, 2.05) is 29.1 Å². The Bertz CT molecular complexity index is 2040. The zero-order valence-corrected chi connectivity index (χ0v) is 28.4. The fraction of sp³-hybridized carbons (Fsp3) is 0.306. The molecule has 4 heterocycles. The second kappa shape index (κ2) is 14.4. The van der Waals surface area contributed by atoms with Gasteiger partial charge in [-0.25, -0.2) is 14.1 Å². The lowest BCUT2D eigenvalue weighted by Crippen LogP contribution is -2.46. The van der Waals surface area contributed by atoms with Gasteiger partial charge in [0.25, 0.3) is 11.8 Å². The highest BCUT2D eigenvalue weighted by molar-refractivity contribution is 6.34. The van der Waals surface area contributed by atoms with Crippen LogP contribution in [0.3, 0.4) is 0 Å². The Kier molecular flexibility index (Phi) is 9.61. The van der Waals surface area contributed by atoms with Crippen LogP contribution in [-0.4, -0.2) is 81.2 Å². The first-order valence-electron chi connectivity index (χ1n) is 16.5. The van der Waals surface area contributed by atoms with Gasteiger partial charge in [0.1, 0.15) is 11.6 Å². The van der Waals surface area contributed by atoms with Gasteiger partial charge in [0, 0.05) is 87.8 Å². The van der Waals surface area contributed by atoms with E-state index in [4.69, 9.17) is 22.1 Å². The number of pyridine rings is 1. The number of hydrogen-bond acceptors (Lipinski definition) is 8. The summed E-state index contributed by atoms with van der Waals surface area (Å²) in [6, 6.07) is 13.2. The summed E-state index contributed by atoms with van der Waals surface area (Å²) in [4.78, 5) is 35.1. The molecule has 1 fully saturated rings. The molecule has 12 nitrogen and oxygen atoms in total. The van der Waals surface area contributed by atoms with E-state index in [0.717, 1.165) is 56.8 Å². The Morgan fingerprint density at radius 1 is 1.04 bits per heavy atom. The molecule has 2 aliphatic rings. The summed E-state index contributed by atoms with van der Waals surface area (Å²) in [7, 11) is 1.70. The van der Waals surface area contributed by atoms with Crippen LogP contribution in [0.5, 0.6) is 0 Å². The number of nitrogens with zero attached hydrogens (tertiary/aromatic N) is 7. The summed E-state index contributed by atoms with van der Waals surface area (Å²) < 4.78 is 22.5. The molecule has 0 saturated carbocycles. The van der Waals surface area contributed by atoms with Gasteiger partial charge in [-0.3, -0.25) is 19.2 Å². The summed E-state index contributed by atoms with van der Waals surface area (Å²) in [5.74, 6) is -0.714. The number of primary amides is 1. The lowest BCUT2D eigenvalue weighted by molar-refractivity contribution is 0.0992. The molecule has 7 rings (SSSR count). The molecule has 1 aliphatic heterocycles. The number of ether oxygens (including phenoxy) is 1. The first kappa shape index (κ1) is 33.4. The number of aromatic nitrogens is 5. The Balaban J connectivity index is 1.06. The number of hydrogen-bond donors (Lipinski definition) is 2. The van der Waals surface area contributed by atoms with Crippen LogP contribution in [-0.2, 0) is 30.7 Å². The maximum Gasteiger partial charge on any atom is 0.269 e. The topological polar surface area (TPSA) is 136 Å². The third-order valence-corrected chi connectivity index (χ3v) is 9.47. The van der Waals surface area contributed by atoms with Gasteiger partial charge in [0.05, 0.1) is 28.2 Å². The standard InChI is InChI=1S/C36H37ClFN9O3/c1-50-16-2-11-46-22-23(19-41-46)21-44-12-14-45(15-13-44)32-18-30(31(37)20-40-32)36(49)42-26-7-3-24-4-10-28-33(35(39)48)43-47(34(28)29(24)17-26)27-8-5-25(38)6-9-27/h3,5-9,17-20,22H,2,4,10-16,21H2,1H3,(H2,39,48)(H,42,49). The van der Waals surface area contributed by atoms with Crippen molar-refractivity contribution >= 4 is 34.9 Å². The number of amides is 2. The number of methoxy groups -OCH3 is 1. The monoisotopic (exact) mass is 697 g/mol. The number of aryl methyl sites for hydroxylation is 2. The molecule has 5 aromatic rings. The van der Waals surface area contributed by atoms with E-state index in [1.165, 1.54) is 23.9 Å². The molecule has 0 radical (unpaired) electrons. The van der Waals surface area contributed by atoms with Crippen molar-refractivity contribution in [2.75, 3.05) is 50.1 Å². The first-order chi connectivity index (χ1) is 24.3. The van der Waals surface area contributed by atoms with Gasteiger partial charge in [-0.1, -0.05) is 17.7 Å².